The van der Waals surface area contributed by atoms with Gasteiger partial charge in [0.15, 0.2) is 0 Å². The molecule has 2 atom stereocenters. The Kier molecular flexibility index (Phi) is 5.73. The van der Waals surface area contributed by atoms with E-state index in [1.807, 2.05) is 0 Å². The van der Waals surface area contributed by atoms with E-state index in [4.69, 9.17) is 0 Å². The Morgan fingerprint density at radius 1 is 1.05 bits per heavy atom. The van der Waals surface area contributed by atoms with E-state index >= 15 is 0 Å². The van der Waals surface area contributed by atoms with Crippen LogP contribution < -0.4 is 5.32 Å². The molecule has 0 amide bonds. The summed E-state index contributed by atoms with van der Waals surface area (Å²) in [5.41, 5.74) is 0. The molecule has 1 heterocycles. The first kappa shape index (κ1) is 16.1. The highest BCUT2D eigenvalue weighted by molar-refractivity contribution is 4.86. The van der Waals surface area contributed by atoms with Gasteiger partial charge < -0.3 is 10.2 Å². The van der Waals surface area contributed by atoms with E-state index in [1.165, 1.54) is 0 Å². The highest BCUT2D eigenvalue weighted by Gasteiger charge is 2.45. The lowest BCUT2D eigenvalue weighted by atomic mass is 9.83. The van der Waals surface area contributed by atoms with Crippen molar-refractivity contribution in [1.82, 2.24) is 10.2 Å². The maximum atomic E-state index is 13.0. The molecule has 0 aromatic carbocycles. The first-order chi connectivity index (χ1) is 9.50. The molecule has 1 saturated heterocycles. The minimum absolute atomic E-state index is 0.301. The molecule has 118 valence electrons. The summed E-state index contributed by atoms with van der Waals surface area (Å²) in [6.45, 7) is 6.19. The smallest absolute Gasteiger partial charge is 0.313 e. The summed E-state index contributed by atoms with van der Waals surface area (Å²) >= 11 is 0. The van der Waals surface area contributed by atoms with Gasteiger partial charge >= 0.3 is 6.18 Å². The maximum absolute atomic E-state index is 13.0. The number of nitrogens with one attached hydrogen (secondary N) is 1. The Bertz CT molecular complexity index is 285. The van der Waals surface area contributed by atoms with Gasteiger partial charge in [0.1, 0.15) is 0 Å². The van der Waals surface area contributed by atoms with Gasteiger partial charge in [0.05, 0.1) is 5.92 Å². The summed E-state index contributed by atoms with van der Waals surface area (Å²) in [7, 11) is 0. The van der Waals surface area contributed by atoms with Gasteiger partial charge in [0.25, 0.3) is 0 Å². The number of hydrogen-bond acceptors (Lipinski definition) is 2. The van der Waals surface area contributed by atoms with Gasteiger partial charge in [0.2, 0.25) is 0 Å². The highest BCUT2D eigenvalue weighted by Crippen LogP contribution is 2.37. The zero-order chi connectivity index (χ0) is 14.6. The average Bonchev–Trinajstić information content (AvgIpc) is 2.45. The van der Waals surface area contributed by atoms with Crippen molar-refractivity contribution in [2.75, 3.05) is 26.2 Å². The predicted octanol–water partition coefficient (Wildman–Crippen LogP) is 3.43. The van der Waals surface area contributed by atoms with Gasteiger partial charge in [0, 0.05) is 6.04 Å². The fourth-order valence-corrected chi connectivity index (χ4v) is 3.59. The second kappa shape index (κ2) is 7.12. The van der Waals surface area contributed by atoms with Crippen molar-refractivity contribution in [1.29, 1.82) is 0 Å². The fourth-order valence-electron chi connectivity index (χ4n) is 3.59. The molecule has 2 fully saturated rings. The van der Waals surface area contributed by atoms with E-state index < -0.39 is 12.1 Å². The number of rotatable bonds is 4. The Morgan fingerprint density at radius 3 is 2.30 bits per heavy atom. The quantitative estimate of drug-likeness (QED) is 0.854. The molecule has 0 spiro atoms. The molecule has 1 aliphatic carbocycles. The number of hydrogen-bond donors (Lipinski definition) is 1. The van der Waals surface area contributed by atoms with Crippen LogP contribution in [0.2, 0.25) is 0 Å². The SMILES string of the molecule is CCN1CCC(CNC2CCCCC2C(F)(F)F)CC1. The molecule has 2 aliphatic rings. The molecular weight excluding hydrogens is 265 g/mol. The summed E-state index contributed by atoms with van der Waals surface area (Å²) in [6.07, 6.45) is 0.821. The third kappa shape index (κ3) is 4.35. The number of piperidine rings is 1. The topological polar surface area (TPSA) is 15.3 Å². The van der Waals surface area contributed by atoms with Crippen molar-refractivity contribution in [3.8, 4) is 0 Å². The number of likely N-dealkylation sites (tertiary alicyclic amines) is 1. The zero-order valence-electron chi connectivity index (χ0n) is 12.4. The highest BCUT2D eigenvalue weighted by atomic mass is 19.4. The monoisotopic (exact) mass is 292 g/mol. The fraction of sp³-hybridized carbons (Fsp3) is 1.00. The molecule has 5 heteroatoms. The Labute approximate surface area is 120 Å². The van der Waals surface area contributed by atoms with Crippen molar-refractivity contribution in [3.63, 3.8) is 0 Å². The van der Waals surface area contributed by atoms with E-state index in [0.717, 1.165) is 51.9 Å². The molecule has 0 radical (unpaired) electrons. The number of halogens is 3. The van der Waals surface area contributed by atoms with Crippen LogP contribution in [-0.2, 0) is 0 Å². The minimum Gasteiger partial charge on any atom is -0.313 e. The lowest BCUT2D eigenvalue weighted by Gasteiger charge is -2.36. The van der Waals surface area contributed by atoms with E-state index in [0.29, 0.717) is 18.8 Å². The van der Waals surface area contributed by atoms with Crippen LogP contribution >= 0.6 is 0 Å². The molecule has 20 heavy (non-hydrogen) atoms. The molecular formula is C15H27F3N2. The molecule has 2 nitrogen and oxygen atoms in total. The van der Waals surface area contributed by atoms with Crippen LogP contribution in [0.25, 0.3) is 0 Å². The summed E-state index contributed by atoms with van der Waals surface area (Å²) in [5.74, 6) is -0.583. The first-order valence-electron chi connectivity index (χ1n) is 8.03. The van der Waals surface area contributed by atoms with E-state index in [1.54, 1.807) is 0 Å². The van der Waals surface area contributed by atoms with Crippen molar-refractivity contribution in [2.45, 2.75) is 57.7 Å². The number of alkyl halides is 3. The standard InChI is InChI=1S/C15H27F3N2/c1-2-20-9-7-12(8-10-20)11-19-14-6-4-3-5-13(14)15(16,17)18/h12-14,19H,2-11H2,1H3. The number of nitrogens with zero attached hydrogens (tertiary/aromatic N) is 1. The van der Waals surface area contributed by atoms with Crippen LogP contribution in [0.1, 0.15) is 45.4 Å². The normalized spacial score (nSPS) is 30.6. The molecule has 0 bridgehead atoms. The largest absolute Gasteiger partial charge is 0.393 e. The average molecular weight is 292 g/mol. The van der Waals surface area contributed by atoms with Gasteiger partial charge in [-0.1, -0.05) is 19.8 Å². The van der Waals surface area contributed by atoms with Crippen LogP contribution in [0.15, 0.2) is 0 Å². The van der Waals surface area contributed by atoms with Crippen molar-refractivity contribution in [3.05, 3.63) is 0 Å². The van der Waals surface area contributed by atoms with Crippen LogP contribution in [0.3, 0.4) is 0 Å². The van der Waals surface area contributed by atoms with Crippen LogP contribution in [-0.4, -0.2) is 43.3 Å². The van der Waals surface area contributed by atoms with Gasteiger partial charge in [-0.2, -0.15) is 13.2 Å². The van der Waals surface area contributed by atoms with E-state index in [-0.39, 0.29) is 6.04 Å². The lowest BCUT2D eigenvalue weighted by Crippen LogP contribution is -2.47. The Balaban J connectivity index is 1.77. The summed E-state index contributed by atoms with van der Waals surface area (Å²) in [5, 5.41) is 3.24. The van der Waals surface area contributed by atoms with Gasteiger partial charge in [-0.3, -0.25) is 0 Å². The zero-order valence-corrected chi connectivity index (χ0v) is 12.4. The second-order valence-corrected chi connectivity index (χ2v) is 6.32. The molecule has 0 aromatic heterocycles. The summed E-state index contributed by atoms with van der Waals surface area (Å²) in [4.78, 5) is 2.41. The second-order valence-electron chi connectivity index (χ2n) is 6.32. The third-order valence-corrected chi connectivity index (χ3v) is 5.01. The van der Waals surface area contributed by atoms with Gasteiger partial charge in [-0.15, -0.1) is 0 Å². The van der Waals surface area contributed by atoms with Crippen LogP contribution in [0.4, 0.5) is 13.2 Å². The Morgan fingerprint density at radius 2 is 1.70 bits per heavy atom. The minimum atomic E-state index is -4.04. The molecule has 2 rings (SSSR count). The van der Waals surface area contributed by atoms with E-state index in [9.17, 15) is 13.2 Å². The predicted molar refractivity (Wildman–Crippen MR) is 74.6 cm³/mol. The summed E-state index contributed by atoms with van der Waals surface area (Å²) in [6, 6.07) is -0.354. The summed E-state index contributed by atoms with van der Waals surface area (Å²) < 4.78 is 39.0. The molecule has 0 aromatic rings. The van der Waals surface area contributed by atoms with Crippen LogP contribution in [0.5, 0.6) is 0 Å². The Hall–Kier alpha value is -0.290. The van der Waals surface area contributed by atoms with Gasteiger partial charge in [-0.25, -0.2) is 0 Å². The molecule has 2 unspecified atom stereocenters. The van der Waals surface area contributed by atoms with Crippen molar-refractivity contribution >= 4 is 0 Å². The van der Waals surface area contributed by atoms with Gasteiger partial charge in [-0.05, 0) is 57.8 Å². The lowest BCUT2D eigenvalue weighted by molar-refractivity contribution is -0.189. The van der Waals surface area contributed by atoms with Crippen molar-refractivity contribution < 1.29 is 13.2 Å². The third-order valence-electron chi connectivity index (χ3n) is 5.01. The molecule has 1 N–H and O–H groups in total. The molecule has 1 saturated carbocycles. The first-order valence-corrected chi connectivity index (χ1v) is 8.03. The molecule has 1 aliphatic heterocycles. The van der Waals surface area contributed by atoms with E-state index in [2.05, 4.69) is 17.1 Å². The van der Waals surface area contributed by atoms with Crippen LogP contribution in [0, 0.1) is 11.8 Å². The maximum Gasteiger partial charge on any atom is 0.393 e. The van der Waals surface area contributed by atoms with Crippen molar-refractivity contribution in [2.24, 2.45) is 11.8 Å².